The highest BCUT2D eigenvalue weighted by molar-refractivity contribution is 5.24. The summed E-state index contributed by atoms with van der Waals surface area (Å²) in [4.78, 5) is 0. The van der Waals surface area contributed by atoms with E-state index in [1.54, 1.807) is 0 Å². The zero-order valence-corrected chi connectivity index (χ0v) is 21.3. The second-order valence-corrected chi connectivity index (χ2v) is 13.1. The van der Waals surface area contributed by atoms with Crippen molar-refractivity contribution in [3.8, 4) is 0 Å². The lowest BCUT2D eigenvalue weighted by Crippen LogP contribution is -2.75. The van der Waals surface area contributed by atoms with Gasteiger partial charge in [-0.2, -0.15) is 0 Å². The van der Waals surface area contributed by atoms with Crippen LogP contribution in [-0.2, 0) is 0 Å². The van der Waals surface area contributed by atoms with Crippen molar-refractivity contribution in [1.82, 2.24) is 0 Å². The molecular weight excluding hydrogens is 436 g/mol. The predicted molar refractivity (Wildman–Crippen MR) is 128 cm³/mol. The lowest BCUT2D eigenvalue weighted by molar-refractivity contribution is -0.309. The van der Waals surface area contributed by atoms with Crippen LogP contribution in [0, 0.1) is 46.3 Å². The summed E-state index contributed by atoms with van der Waals surface area (Å²) in [5, 5.41) is 77.2. The van der Waals surface area contributed by atoms with Gasteiger partial charge >= 0.3 is 0 Å². The largest absolute Gasteiger partial charge is 0.396 e. The highest BCUT2D eigenvalue weighted by Crippen LogP contribution is 2.69. The summed E-state index contributed by atoms with van der Waals surface area (Å²) in [7, 11) is 0. The fourth-order valence-corrected chi connectivity index (χ4v) is 9.52. The van der Waals surface area contributed by atoms with Crippen LogP contribution in [0.3, 0.4) is 0 Å². The molecule has 0 saturated heterocycles. The molecule has 0 aliphatic heterocycles. The molecule has 4 aliphatic rings. The maximum absolute atomic E-state index is 12.3. The SMILES string of the molecule is C[C@H](CO)CCC[C@@H](C)[C@H]1[C@@H](O)[C@H](O)[C@@H]2[C@]1(C)CC[C@@H]1[C@@]3(C)CC[C@H](O)C[C@@H]3[C@@H](O)[C@H](O)[C@]12O. The third kappa shape index (κ3) is 3.72. The molecule has 0 spiro atoms. The zero-order chi connectivity index (χ0) is 25.2. The monoisotopic (exact) mass is 484 g/mol. The molecule has 0 aromatic heterocycles. The molecule has 4 rings (SSSR count). The van der Waals surface area contributed by atoms with Gasteiger partial charge in [0.1, 0.15) is 11.7 Å². The first-order chi connectivity index (χ1) is 15.8. The molecule has 7 nitrogen and oxygen atoms in total. The maximum Gasteiger partial charge on any atom is 0.109 e. The van der Waals surface area contributed by atoms with E-state index in [1.807, 2.05) is 13.8 Å². The zero-order valence-electron chi connectivity index (χ0n) is 21.3. The van der Waals surface area contributed by atoms with Crippen LogP contribution in [0.1, 0.15) is 79.1 Å². The number of hydrogen-bond donors (Lipinski definition) is 7. The van der Waals surface area contributed by atoms with Crippen LogP contribution in [0.15, 0.2) is 0 Å². The van der Waals surface area contributed by atoms with Gasteiger partial charge in [-0.3, -0.25) is 0 Å². The fourth-order valence-electron chi connectivity index (χ4n) is 9.52. The maximum atomic E-state index is 12.3. The van der Waals surface area contributed by atoms with Crippen LogP contribution in [0.4, 0.5) is 0 Å². The van der Waals surface area contributed by atoms with E-state index in [9.17, 15) is 35.7 Å². The van der Waals surface area contributed by atoms with Crippen molar-refractivity contribution in [3.05, 3.63) is 0 Å². The highest BCUT2D eigenvalue weighted by atomic mass is 16.4. The Morgan fingerprint density at radius 2 is 1.50 bits per heavy atom. The third-order valence-electron chi connectivity index (χ3n) is 11.2. The number of aliphatic hydroxyl groups excluding tert-OH is 6. The van der Waals surface area contributed by atoms with Crippen molar-refractivity contribution in [2.75, 3.05) is 6.61 Å². The topological polar surface area (TPSA) is 142 Å². The van der Waals surface area contributed by atoms with E-state index in [0.717, 1.165) is 25.7 Å². The van der Waals surface area contributed by atoms with E-state index in [1.165, 1.54) is 0 Å². The van der Waals surface area contributed by atoms with Gasteiger partial charge in [0, 0.05) is 12.5 Å². The number of aliphatic hydroxyl groups is 7. The molecule has 0 radical (unpaired) electrons. The van der Waals surface area contributed by atoms with E-state index in [4.69, 9.17) is 0 Å². The van der Waals surface area contributed by atoms with Crippen molar-refractivity contribution in [1.29, 1.82) is 0 Å². The molecule has 0 heterocycles. The Morgan fingerprint density at radius 3 is 2.15 bits per heavy atom. The molecule has 4 saturated carbocycles. The van der Waals surface area contributed by atoms with Crippen LogP contribution in [0.5, 0.6) is 0 Å². The Hall–Kier alpha value is -0.280. The Bertz CT molecular complexity index is 734. The second kappa shape index (κ2) is 9.23. The van der Waals surface area contributed by atoms with Crippen molar-refractivity contribution >= 4 is 0 Å². The van der Waals surface area contributed by atoms with Crippen LogP contribution in [0.25, 0.3) is 0 Å². The van der Waals surface area contributed by atoms with Gasteiger partial charge in [-0.05, 0) is 78.9 Å². The minimum Gasteiger partial charge on any atom is -0.396 e. The van der Waals surface area contributed by atoms with Gasteiger partial charge in [0.15, 0.2) is 0 Å². The molecule has 0 aromatic rings. The standard InChI is InChI=1S/C27H48O7/c1-14(13-28)6-5-7-15(2)19-21(31)22(32)23-26(19,4)11-9-18-25(3)10-8-16(29)12-17(25)20(30)24(33)27(18,23)34/h14-24,28-34H,5-13H2,1-4H3/t14-,15+,16-,17+,18+,19-,20+,21+,22-,23+,24-,25-,26+,27-/m0/s1. The molecule has 0 amide bonds. The molecule has 7 N–H and O–H groups in total. The van der Waals surface area contributed by atoms with Crippen LogP contribution < -0.4 is 0 Å². The summed E-state index contributed by atoms with van der Waals surface area (Å²) in [5.41, 5.74) is -2.74. The van der Waals surface area contributed by atoms with E-state index >= 15 is 0 Å². The van der Waals surface area contributed by atoms with Gasteiger partial charge in [-0.25, -0.2) is 0 Å². The first kappa shape index (κ1) is 26.8. The van der Waals surface area contributed by atoms with Crippen LogP contribution >= 0.6 is 0 Å². The molecule has 198 valence electrons. The number of rotatable bonds is 6. The van der Waals surface area contributed by atoms with Gasteiger partial charge in [0.25, 0.3) is 0 Å². The van der Waals surface area contributed by atoms with Gasteiger partial charge < -0.3 is 35.7 Å². The molecule has 0 unspecified atom stereocenters. The lowest BCUT2D eigenvalue weighted by atomic mass is 9.41. The molecule has 4 fully saturated rings. The van der Waals surface area contributed by atoms with Gasteiger partial charge in [-0.15, -0.1) is 0 Å². The first-order valence-corrected chi connectivity index (χ1v) is 13.6. The van der Waals surface area contributed by atoms with Crippen molar-refractivity contribution in [2.45, 2.75) is 115 Å². The molecule has 4 aliphatic carbocycles. The van der Waals surface area contributed by atoms with E-state index < -0.39 is 52.9 Å². The minimum absolute atomic E-state index is 0.101. The van der Waals surface area contributed by atoms with Crippen molar-refractivity contribution < 1.29 is 35.7 Å². The smallest absolute Gasteiger partial charge is 0.109 e. The first-order valence-electron chi connectivity index (χ1n) is 13.6. The summed E-state index contributed by atoms with van der Waals surface area (Å²) < 4.78 is 0. The summed E-state index contributed by atoms with van der Waals surface area (Å²) in [6.07, 6.45) is 0.370. The Balaban J connectivity index is 1.66. The Labute approximate surface area is 204 Å². The molecular formula is C27H48O7. The van der Waals surface area contributed by atoms with Gasteiger partial charge in [0.2, 0.25) is 0 Å². The molecule has 7 heteroatoms. The molecule has 0 aromatic carbocycles. The third-order valence-corrected chi connectivity index (χ3v) is 11.2. The fraction of sp³-hybridized carbons (Fsp3) is 1.00. The molecule has 14 atom stereocenters. The second-order valence-electron chi connectivity index (χ2n) is 13.1. The van der Waals surface area contributed by atoms with Gasteiger partial charge in [-0.1, -0.05) is 40.5 Å². The Kier molecular flexibility index (Phi) is 7.27. The average Bonchev–Trinajstić information content (AvgIpc) is 2.99. The molecule has 0 bridgehead atoms. The predicted octanol–water partition coefficient (Wildman–Crippen LogP) is 1.44. The van der Waals surface area contributed by atoms with Crippen molar-refractivity contribution in [3.63, 3.8) is 0 Å². The van der Waals surface area contributed by atoms with E-state index in [2.05, 4.69) is 13.8 Å². The average molecular weight is 485 g/mol. The summed E-state index contributed by atoms with van der Waals surface area (Å²) in [6.45, 7) is 8.38. The summed E-state index contributed by atoms with van der Waals surface area (Å²) in [6, 6.07) is 0. The normalized spacial score (nSPS) is 54.6. The minimum atomic E-state index is -1.71. The Morgan fingerprint density at radius 1 is 0.853 bits per heavy atom. The lowest BCUT2D eigenvalue weighted by Gasteiger charge is -2.67. The van der Waals surface area contributed by atoms with Gasteiger partial charge in [0.05, 0.1) is 24.4 Å². The number of hydrogen-bond acceptors (Lipinski definition) is 7. The van der Waals surface area contributed by atoms with E-state index in [-0.39, 0.29) is 36.2 Å². The molecule has 34 heavy (non-hydrogen) atoms. The van der Waals surface area contributed by atoms with Crippen LogP contribution in [0.2, 0.25) is 0 Å². The van der Waals surface area contributed by atoms with Crippen LogP contribution in [-0.4, -0.2) is 78.5 Å². The van der Waals surface area contributed by atoms with Crippen molar-refractivity contribution in [2.24, 2.45) is 46.3 Å². The quantitative estimate of drug-likeness (QED) is 0.302. The summed E-state index contributed by atoms with van der Waals surface area (Å²) >= 11 is 0. The highest BCUT2D eigenvalue weighted by Gasteiger charge is 2.75. The summed E-state index contributed by atoms with van der Waals surface area (Å²) in [5.74, 6) is -1.28. The number of fused-ring (bicyclic) bond motifs is 5. The van der Waals surface area contributed by atoms with E-state index in [0.29, 0.717) is 25.7 Å².